The summed E-state index contributed by atoms with van der Waals surface area (Å²) in [6, 6.07) is 21.1. The summed E-state index contributed by atoms with van der Waals surface area (Å²) in [4.78, 5) is 83.2. The first-order valence-electron chi connectivity index (χ1n) is 13.2. The molecule has 0 saturated carbocycles. The standard InChI is InChI=1S/C31H26N6O6/c38-20-32-15-24-5-1-4-23(12-24)10-11-35-29(41)36(18-27-8-2-6-25(13-27)16-33-21-39)31(43)37(30(35)42)19-28-9-3-7-26(14-28)17-34-22-40/h1-9,12-14H,10-11,15-19H2. The van der Waals surface area contributed by atoms with Gasteiger partial charge >= 0.3 is 17.1 Å². The molecule has 4 aromatic rings. The lowest BCUT2D eigenvalue weighted by molar-refractivity contribution is 0.473. The smallest absolute Gasteiger partial charge is 0.247 e. The predicted octanol–water partition coefficient (Wildman–Crippen LogP) is 2.02. The minimum atomic E-state index is -0.785. The summed E-state index contributed by atoms with van der Waals surface area (Å²) in [6.07, 6.45) is 4.77. The first kappa shape index (κ1) is 30.2. The summed E-state index contributed by atoms with van der Waals surface area (Å²) in [6.45, 7) is 0.0903. The van der Waals surface area contributed by atoms with E-state index in [1.54, 1.807) is 60.7 Å². The van der Waals surface area contributed by atoms with E-state index in [2.05, 4.69) is 15.0 Å². The molecule has 0 bridgehead atoms. The molecule has 0 aliphatic carbocycles. The topological polar surface area (TPSA) is 154 Å². The lowest BCUT2D eigenvalue weighted by Gasteiger charge is -2.15. The highest BCUT2D eigenvalue weighted by Crippen LogP contribution is 2.10. The van der Waals surface area contributed by atoms with Crippen LogP contribution in [0.4, 0.5) is 0 Å². The van der Waals surface area contributed by atoms with Crippen molar-refractivity contribution in [1.29, 1.82) is 0 Å². The third-order valence-corrected chi connectivity index (χ3v) is 6.64. The molecule has 1 aromatic heterocycles. The van der Waals surface area contributed by atoms with Crippen molar-refractivity contribution in [3.63, 3.8) is 0 Å². The van der Waals surface area contributed by atoms with Gasteiger partial charge in [-0.3, -0.25) is 0 Å². The fraction of sp³-hybridized carbons (Fsp3) is 0.226. The van der Waals surface area contributed by atoms with Crippen molar-refractivity contribution in [1.82, 2.24) is 13.7 Å². The molecule has 0 fully saturated rings. The average molecular weight is 579 g/mol. The van der Waals surface area contributed by atoms with E-state index < -0.39 is 17.1 Å². The van der Waals surface area contributed by atoms with Crippen LogP contribution in [-0.4, -0.2) is 31.9 Å². The van der Waals surface area contributed by atoms with Crippen LogP contribution in [0.5, 0.6) is 0 Å². The number of carbonyl (C=O) groups excluding carboxylic acids is 3. The van der Waals surface area contributed by atoms with Crippen molar-refractivity contribution in [2.75, 3.05) is 0 Å². The quantitative estimate of drug-likeness (QED) is 0.175. The number of aromatic nitrogens is 3. The Bertz CT molecular complexity index is 1850. The fourth-order valence-electron chi connectivity index (χ4n) is 4.66. The summed E-state index contributed by atoms with van der Waals surface area (Å²) < 4.78 is 3.03. The van der Waals surface area contributed by atoms with Gasteiger partial charge in [0.05, 0.1) is 32.7 Å². The molecule has 216 valence electrons. The van der Waals surface area contributed by atoms with Gasteiger partial charge in [0.2, 0.25) is 18.2 Å². The van der Waals surface area contributed by atoms with Crippen molar-refractivity contribution in [2.24, 2.45) is 15.0 Å². The minimum Gasteiger partial charge on any atom is -0.247 e. The Labute approximate surface area is 244 Å². The number of hydrogen-bond donors (Lipinski definition) is 0. The van der Waals surface area contributed by atoms with Gasteiger partial charge in [-0.15, -0.1) is 0 Å². The molecule has 12 nitrogen and oxygen atoms in total. The van der Waals surface area contributed by atoms with E-state index in [1.165, 1.54) is 18.2 Å². The van der Waals surface area contributed by atoms with Crippen LogP contribution in [0.3, 0.4) is 0 Å². The first-order chi connectivity index (χ1) is 20.9. The number of hydrogen-bond acceptors (Lipinski definition) is 9. The van der Waals surface area contributed by atoms with Crippen molar-refractivity contribution in [2.45, 2.75) is 45.7 Å². The average Bonchev–Trinajstić information content (AvgIpc) is 3.02. The second kappa shape index (κ2) is 14.7. The van der Waals surface area contributed by atoms with Gasteiger partial charge < -0.3 is 0 Å². The lowest BCUT2D eigenvalue weighted by Crippen LogP contribution is -2.55. The molecule has 43 heavy (non-hydrogen) atoms. The van der Waals surface area contributed by atoms with E-state index in [1.807, 2.05) is 12.1 Å². The van der Waals surface area contributed by atoms with Crippen LogP contribution in [0.25, 0.3) is 0 Å². The number of isocyanates is 3. The Morgan fingerprint density at radius 2 is 0.837 bits per heavy atom. The SMILES string of the molecule is O=C=NCc1cccc(CCn2c(=O)n(Cc3cccc(CN=C=O)c3)c(=O)n(Cc3cccc(CN=C=O)c3)c2=O)c1. The van der Waals surface area contributed by atoms with Crippen molar-refractivity contribution < 1.29 is 14.4 Å². The summed E-state index contributed by atoms with van der Waals surface area (Å²) in [5.41, 5.74) is 1.85. The minimum absolute atomic E-state index is 0.0134. The number of rotatable bonds is 13. The van der Waals surface area contributed by atoms with Crippen molar-refractivity contribution in [3.05, 3.63) is 138 Å². The summed E-state index contributed by atoms with van der Waals surface area (Å²) in [7, 11) is 0. The Morgan fingerprint density at radius 1 is 0.488 bits per heavy atom. The van der Waals surface area contributed by atoms with E-state index in [9.17, 15) is 28.8 Å². The summed E-state index contributed by atoms with van der Waals surface area (Å²) in [5, 5.41) is 0. The molecule has 4 rings (SSSR count). The molecule has 12 heteroatoms. The molecule has 0 saturated heterocycles. The van der Waals surface area contributed by atoms with Crippen LogP contribution >= 0.6 is 0 Å². The Balaban J connectivity index is 1.76. The molecule has 0 aliphatic rings. The van der Waals surface area contributed by atoms with E-state index in [0.29, 0.717) is 28.7 Å². The third kappa shape index (κ3) is 7.91. The second-order valence-electron chi connectivity index (χ2n) is 9.60. The summed E-state index contributed by atoms with van der Waals surface area (Å²) in [5.74, 6) is 0. The molecule has 0 amide bonds. The van der Waals surface area contributed by atoms with Crippen LogP contribution < -0.4 is 17.1 Å². The van der Waals surface area contributed by atoms with Gasteiger partial charge in [-0.25, -0.2) is 57.4 Å². The zero-order chi connectivity index (χ0) is 30.6. The van der Waals surface area contributed by atoms with Crippen LogP contribution in [0.2, 0.25) is 0 Å². The van der Waals surface area contributed by atoms with Crippen LogP contribution in [0.15, 0.2) is 102 Å². The van der Waals surface area contributed by atoms with Gasteiger partial charge in [0.15, 0.2) is 0 Å². The van der Waals surface area contributed by atoms with E-state index in [0.717, 1.165) is 24.8 Å². The van der Waals surface area contributed by atoms with Crippen LogP contribution in [0.1, 0.15) is 33.4 Å². The number of aliphatic imine (C=N–C) groups is 3. The van der Waals surface area contributed by atoms with Gasteiger partial charge in [0.1, 0.15) is 0 Å². The highest BCUT2D eigenvalue weighted by Gasteiger charge is 2.17. The number of aryl methyl sites for hydroxylation is 1. The zero-order valence-corrected chi connectivity index (χ0v) is 23.0. The molecule has 1 heterocycles. The second-order valence-corrected chi connectivity index (χ2v) is 9.60. The molecule has 0 aliphatic heterocycles. The first-order valence-corrected chi connectivity index (χ1v) is 13.2. The van der Waals surface area contributed by atoms with Gasteiger partial charge in [0, 0.05) is 6.54 Å². The van der Waals surface area contributed by atoms with Crippen LogP contribution in [-0.2, 0) is 60.1 Å². The molecule has 0 spiro atoms. The predicted molar refractivity (Wildman–Crippen MR) is 156 cm³/mol. The normalized spacial score (nSPS) is 10.3. The van der Waals surface area contributed by atoms with Crippen molar-refractivity contribution in [3.8, 4) is 0 Å². The van der Waals surface area contributed by atoms with Crippen molar-refractivity contribution >= 4 is 18.2 Å². The maximum Gasteiger partial charge on any atom is 0.336 e. The fourth-order valence-corrected chi connectivity index (χ4v) is 4.66. The molecule has 3 aromatic carbocycles. The van der Waals surface area contributed by atoms with E-state index in [-0.39, 0.29) is 39.3 Å². The monoisotopic (exact) mass is 578 g/mol. The lowest BCUT2D eigenvalue weighted by atomic mass is 10.1. The Hall–Kier alpha value is -5.79. The molecule has 0 unspecified atom stereocenters. The van der Waals surface area contributed by atoms with E-state index in [4.69, 9.17) is 0 Å². The van der Waals surface area contributed by atoms with Gasteiger partial charge in [-0.05, 0) is 39.8 Å². The third-order valence-electron chi connectivity index (χ3n) is 6.64. The Morgan fingerprint density at radius 3 is 1.26 bits per heavy atom. The molecule has 0 radical (unpaired) electrons. The number of benzene rings is 3. The highest BCUT2D eigenvalue weighted by molar-refractivity contribution is 5.35. The highest BCUT2D eigenvalue weighted by atomic mass is 16.2. The molecular formula is C31H26N6O6. The molecule has 0 N–H and O–H groups in total. The number of nitrogens with zero attached hydrogens (tertiary/aromatic N) is 6. The molecule has 0 atom stereocenters. The van der Waals surface area contributed by atoms with Gasteiger partial charge in [-0.1, -0.05) is 72.8 Å². The largest absolute Gasteiger partial charge is 0.336 e. The maximum atomic E-state index is 13.6. The maximum absolute atomic E-state index is 13.6. The molecular weight excluding hydrogens is 552 g/mol. The van der Waals surface area contributed by atoms with Gasteiger partial charge in [0.25, 0.3) is 0 Å². The van der Waals surface area contributed by atoms with Crippen LogP contribution in [0, 0.1) is 0 Å². The summed E-state index contributed by atoms with van der Waals surface area (Å²) >= 11 is 0. The van der Waals surface area contributed by atoms with E-state index >= 15 is 0 Å². The Kier molecular flexibility index (Phi) is 10.3. The zero-order valence-electron chi connectivity index (χ0n) is 23.0. The van der Waals surface area contributed by atoms with Gasteiger partial charge in [-0.2, -0.15) is 0 Å².